The molecule has 0 aromatic heterocycles. The van der Waals surface area contributed by atoms with Gasteiger partial charge in [-0.05, 0) is 61.9 Å². The number of hydrogen-bond acceptors (Lipinski definition) is 6. The van der Waals surface area contributed by atoms with Crippen LogP contribution in [0.15, 0.2) is 55.1 Å². The summed E-state index contributed by atoms with van der Waals surface area (Å²) in [6, 6.07) is 8.44. The van der Waals surface area contributed by atoms with Gasteiger partial charge < -0.3 is 18.9 Å². The molecule has 0 saturated carbocycles. The molecular weight excluding hydrogens is 396 g/mol. The predicted molar refractivity (Wildman–Crippen MR) is 119 cm³/mol. The van der Waals surface area contributed by atoms with Gasteiger partial charge in [0.1, 0.15) is 17.1 Å². The second-order valence-corrected chi connectivity index (χ2v) is 7.33. The Morgan fingerprint density at radius 1 is 1.03 bits per heavy atom. The second-order valence-electron chi connectivity index (χ2n) is 7.33. The Balaban J connectivity index is 1.92. The average molecular weight is 420 g/mol. The maximum atomic E-state index is 13.0. The third-order valence-corrected chi connectivity index (χ3v) is 4.65. The molecule has 0 spiro atoms. The normalized spacial score (nSPS) is 13.8. The lowest BCUT2D eigenvalue weighted by Crippen LogP contribution is -2.28. The van der Waals surface area contributed by atoms with Gasteiger partial charge in [0.15, 0.2) is 17.3 Å². The first-order chi connectivity index (χ1) is 14.8. The number of allylic oxidation sites excluding steroid dienone is 1. The number of rotatable bonds is 7. The highest BCUT2D eigenvalue weighted by molar-refractivity contribution is 6.09. The number of esters is 1. The minimum Gasteiger partial charge on any atom is -0.496 e. The van der Waals surface area contributed by atoms with Crippen molar-refractivity contribution in [3.05, 3.63) is 71.8 Å². The van der Waals surface area contributed by atoms with Crippen LogP contribution in [0, 0.1) is 0 Å². The molecule has 6 nitrogen and oxygen atoms in total. The summed E-state index contributed by atoms with van der Waals surface area (Å²) in [6.07, 6.45) is 7.96. The number of fused-ring (bicyclic) bond motifs is 1. The lowest BCUT2D eigenvalue weighted by atomic mass is 9.97. The second kappa shape index (κ2) is 8.92. The van der Waals surface area contributed by atoms with Crippen LogP contribution in [0.3, 0.4) is 0 Å². The van der Waals surface area contributed by atoms with Crippen molar-refractivity contribution in [1.82, 2.24) is 0 Å². The van der Waals surface area contributed by atoms with Crippen LogP contribution in [0.4, 0.5) is 0 Å². The standard InChI is InChI=1S/C25H24O6/c1-6-23(27)30-22-15-16(8-11-21(22)29-5)7-10-19(26)17-9-12-20(28-4)18-13-14-25(2,3)31-24(17)18/h6-15H,1H2,2-5H3. The molecule has 1 aliphatic heterocycles. The van der Waals surface area contributed by atoms with E-state index < -0.39 is 11.6 Å². The molecule has 1 aliphatic rings. The van der Waals surface area contributed by atoms with E-state index in [1.807, 2.05) is 26.0 Å². The third-order valence-electron chi connectivity index (χ3n) is 4.65. The van der Waals surface area contributed by atoms with Crippen LogP contribution in [-0.4, -0.2) is 31.6 Å². The van der Waals surface area contributed by atoms with Crippen LogP contribution in [0.25, 0.3) is 12.2 Å². The molecular formula is C25H24O6. The summed E-state index contributed by atoms with van der Waals surface area (Å²) in [4.78, 5) is 24.5. The van der Waals surface area contributed by atoms with Gasteiger partial charge >= 0.3 is 5.97 Å². The molecule has 0 fully saturated rings. The Hall–Kier alpha value is -3.80. The van der Waals surface area contributed by atoms with Crippen molar-refractivity contribution in [3.63, 3.8) is 0 Å². The molecule has 2 aromatic rings. The van der Waals surface area contributed by atoms with E-state index in [1.165, 1.54) is 13.2 Å². The molecule has 0 unspecified atom stereocenters. The van der Waals surface area contributed by atoms with Crippen LogP contribution >= 0.6 is 0 Å². The molecule has 160 valence electrons. The van der Waals surface area contributed by atoms with Gasteiger partial charge in [0.05, 0.1) is 25.3 Å². The van der Waals surface area contributed by atoms with Crippen LogP contribution in [0.5, 0.6) is 23.0 Å². The minimum absolute atomic E-state index is 0.231. The number of ether oxygens (including phenoxy) is 4. The van der Waals surface area contributed by atoms with E-state index >= 15 is 0 Å². The maximum Gasteiger partial charge on any atom is 0.335 e. The first-order valence-electron chi connectivity index (χ1n) is 9.62. The largest absolute Gasteiger partial charge is 0.496 e. The van der Waals surface area contributed by atoms with Gasteiger partial charge in [0, 0.05) is 6.08 Å². The zero-order chi connectivity index (χ0) is 22.6. The topological polar surface area (TPSA) is 71.1 Å². The number of carbonyl (C=O) groups is 2. The number of methoxy groups -OCH3 is 2. The van der Waals surface area contributed by atoms with Gasteiger partial charge in [0.25, 0.3) is 0 Å². The molecule has 3 rings (SSSR count). The van der Waals surface area contributed by atoms with Gasteiger partial charge in [-0.2, -0.15) is 0 Å². The molecule has 31 heavy (non-hydrogen) atoms. The summed E-state index contributed by atoms with van der Waals surface area (Å²) < 4.78 is 21.9. The van der Waals surface area contributed by atoms with Crippen LogP contribution < -0.4 is 18.9 Å². The molecule has 0 atom stereocenters. The summed E-state index contributed by atoms with van der Waals surface area (Å²) >= 11 is 0. The van der Waals surface area contributed by atoms with E-state index in [4.69, 9.17) is 18.9 Å². The number of benzene rings is 2. The zero-order valence-corrected chi connectivity index (χ0v) is 17.9. The monoisotopic (exact) mass is 420 g/mol. The van der Waals surface area contributed by atoms with E-state index in [0.29, 0.717) is 28.4 Å². The highest BCUT2D eigenvalue weighted by Crippen LogP contribution is 2.40. The Morgan fingerprint density at radius 2 is 1.74 bits per heavy atom. The Morgan fingerprint density at radius 3 is 2.42 bits per heavy atom. The quantitative estimate of drug-likeness (QED) is 0.275. The molecule has 0 N–H and O–H groups in total. The fourth-order valence-corrected chi connectivity index (χ4v) is 3.09. The first-order valence-corrected chi connectivity index (χ1v) is 9.62. The van der Waals surface area contributed by atoms with E-state index in [2.05, 4.69) is 6.58 Å². The molecule has 0 amide bonds. The predicted octanol–water partition coefficient (Wildman–Crippen LogP) is 4.88. The van der Waals surface area contributed by atoms with Crippen molar-refractivity contribution in [2.24, 2.45) is 0 Å². The number of hydrogen-bond donors (Lipinski definition) is 0. The van der Waals surface area contributed by atoms with Crippen LogP contribution in [0.1, 0.15) is 35.3 Å². The number of carbonyl (C=O) groups excluding carboxylic acids is 2. The van der Waals surface area contributed by atoms with Gasteiger partial charge in [-0.3, -0.25) is 4.79 Å². The molecule has 2 aromatic carbocycles. The van der Waals surface area contributed by atoms with E-state index in [1.54, 1.807) is 43.5 Å². The van der Waals surface area contributed by atoms with Gasteiger partial charge in [-0.25, -0.2) is 4.79 Å². The van der Waals surface area contributed by atoms with Crippen LogP contribution in [0.2, 0.25) is 0 Å². The van der Waals surface area contributed by atoms with Crippen molar-refractivity contribution in [2.75, 3.05) is 14.2 Å². The van der Waals surface area contributed by atoms with Crippen molar-refractivity contribution < 1.29 is 28.5 Å². The van der Waals surface area contributed by atoms with Crippen molar-refractivity contribution in [1.29, 1.82) is 0 Å². The highest BCUT2D eigenvalue weighted by atomic mass is 16.6. The summed E-state index contributed by atoms with van der Waals surface area (Å²) in [6.45, 7) is 7.22. The summed E-state index contributed by atoms with van der Waals surface area (Å²) in [5, 5.41) is 0. The first kappa shape index (κ1) is 21.9. The zero-order valence-electron chi connectivity index (χ0n) is 17.9. The van der Waals surface area contributed by atoms with Crippen molar-refractivity contribution in [2.45, 2.75) is 19.4 Å². The lowest BCUT2D eigenvalue weighted by Gasteiger charge is -2.29. The smallest absolute Gasteiger partial charge is 0.335 e. The van der Waals surface area contributed by atoms with Crippen molar-refractivity contribution in [3.8, 4) is 23.0 Å². The van der Waals surface area contributed by atoms with Crippen LogP contribution in [-0.2, 0) is 4.79 Å². The van der Waals surface area contributed by atoms with Crippen molar-refractivity contribution >= 4 is 23.9 Å². The molecule has 1 heterocycles. The van der Waals surface area contributed by atoms with Gasteiger partial charge in [-0.15, -0.1) is 0 Å². The molecule has 0 bridgehead atoms. The van der Waals surface area contributed by atoms with E-state index in [-0.39, 0.29) is 11.5 Å². The molecule has 6 heteroatoms. The summed E-state index contributed by atoms with van der Waals surface area (Å²) in [5.41, 5.74) is 1.27. The Bertz CT molecular complexity index is 1090. The van der Waals surface area contributed by atoms with E-state index in [9.17, 15) is 9.59 Å². The molecule has 0 radical (unpaired) electrons. The maximum absolute atomic E-state index is 13.0. The Labute approximate surface area is 181 Å². The highest BCUT2D eigenvalue weighted by Gasteiger charge is 2.27. The van der Waals surface area contributed by atoms with Gasteiger partial charge in [-0.1, -0.05) is 18.7 Å². The van der Waals surface area contributed by atoms with Gasteiger partial charge in [0.2, 0.25) is 0 Å². The SMILES string of the molecule is C=CC(=O)Oc1cc(C=CC(=O)c2ccc(OC)c3c2OC(C)(C)C=C3)ccc1OC. The summed E-state index contributed by atoms with van der Waals surface area (Å²) in [5.74, 6) is 0.908. The minimum atomic E-state index is -0.604. The molecule has 0 aliphatic carbocycles. The lowest BCUT2D eigenvalue weighted by molar-refractivity contribution is -0.129. The Kier molecular flexibility index (Phi) is 6.30. The average Bonchev–Trinajstić information content (AvgIpc) is 2.75. The third kappa shape index (κ3) is 4.86. The fraction of sp³-hybridized carbons (Fsp3) is 0.200. The number of ketones is 1. The van der Waals surface area contributed by atoms with E-state index in [0.717, 1.165) is 11.6 Å². The summed E-state index contributed by atoms with van der Waals surface area (Å²) in [7, 11) is 3.05. The fourth-order valence-electron chi connectivity index (χ4n) is 3.09. The molecule has 0 saturated heterocycles.